The highest BCUT2D eigenvalue weighted by atomic mass is 35.5. The molecule has 5 saturated heterocycles. The van der Waals surface area contributed by atoms with Crippen molar-refractivity contribution < 1.29 is 32.6 Å². The van der Waals surface area contributed by atoms with Gasteiger partial charge in [-0.3, -0.25) is 19.3 Å². The van der Waals surface area contributed by atoms with Crippen LogP contribution < -0.4 is 0 Å². The van der Waals surface area contributed by atoms with Gasteiger partial charge in [0.2, 0.25) is 17.7 Å². The van der Waals surface area contributed by atoms with E-state index in [1.165, 1.54) is 0 Å². The summed E-state index contributed by atoms with van der Waals surface area (Å²) < 4.78 is 40.2. The van der Waals surface area contributed by atoms with Gasteiger partial charge in [-0.05, 0) is 69.7 Å². The summed E-state index contributed by atoms with van der Waals surface area (Å²) in [5.41, 5.74) is 1.04. The standard InChI is InChI=1S/C37H52ClF2N5O5/c1-41-14-16-42(17-15-41)35(47)32-21-29(45(36(48)33-3-2-18-50-33)28-8-12-37(39,40)13-9-28)22-44(32)34(46)31-24-43(27-10-19-49-20-11-27)23-30(31)25-4-6-26(38)7-5-25/h4-7,27-33H,2-3,8-24H2,1H3/t29-,30-,31+,32-,33?/m0/s1. The third-order valence-electron chi connectivity index (χ3n) is 12.3. The molecule has 50 heavy (non-hydrogen) atoms. The molecule has 276 valence electrons. The van der Waals surface area contributed by atoms with E-state index in [1.807, 2.05) is 36.2 Å². The molecule has 0 spiro atoms. The number of carbonyl (C=O) groups is 3. The molecule has 0 radical (unpaired) electrons. The van der Waals surface area contributed by atoms with E-state index in [9.17, 15) is 18.4 Å². The number of carbonyl (C=O) groups excluding carboxylic acids is 3. The van der Waals surface area contributed by atoms with Gasteiger partial charge in [0.1, 0.15) is 12.1 Å². The van der Waals surface area contributed by atoms with E-state index < -0.39 is 30.0 Å². The number of ether oxygens (including phenoxy) is 2. The molecule has 6 aliphatic rings. The van der Waals surface area contributed by atoms with Crippen molar-refractivity contribution >= 4 is 29.3 Å². The number of likely N-dealkylation sites (tertiary alicyclic amines) is 2. The summed E-state index contributed by atoms with van der Waals surface area (Å²) >= 11 is 6.28. The number of nitrogens with zero attached hydrogens (tertiary/aromatic N) is 5. The summed E-state index contributed by atoms with van der Waals surface area (Å²) in [5, 5.41) is 0.632. The highest BCUT2D eigenvalue weighted by Gasteiger charge is 2.52. The fourth-order valence-corrected chi connectivity index (χ4v) is 9.45. The number of rotatable bonds is 7. The van der Waals surface area contributed by atoms with Crippen LogP contribution in [-0.2, 0) is 23.9 Å². The zero-order valence-corrected chi connectivity index (χ0v) is 30.0. The first-order chi connectivity index (χ1) is 24.1. The molecular formula is C37H52ClF2N5O5. The fraction of sp³-hybridized carbons (Fsp3) is 0.757. The average molecular weight is 720 g/mol. The summed E-state index contributed by atoms with van der Waals surface area (Å²) in [6.45, 7) is 6.02. The molecule has 5 heterocycles. The van der Waals surface area contributed by atoms with Crippen LogP contribution in [0.15, 0.2) is 24.3 Å². The van der Waals surface area contributed by atoms with Crippen molar-refractivity contribution in [2.45, 2.75) is 99.9 Å². The molecule has 6 fully saturated rings. The predicted molar refractivity (Wildman–Crippen MR) is 184 cm³/mol. The van der Waals surface area contributed by atoms with Crippen LogP contribution in [0.5, 0.6) is 0 Å². The van der Waals surface area contributed by atoms with E-state index in [-0.39, 0.29) is 61.9 Å². The second kappa shape index (κ2) is 15.3. The number of hydrogen-bond donors (Lipinski definition) is 0. The lowest BCUT2D eigenvalue weighted by molar-refractivity contribution is -0.150. The second-order valence-electron chi connectivity index (χ2n) is 15.4. The first-order valence-electron chi connectivity index (χ1n) is 18.7. The maximum absolute atomic E-state index is 15.1. The molecule has 1 aromatic carbocycles. The lowest BCUT2D eigenvalue weighted by Gasteiger charge is -2.41. The van der Waals surface area contributed by atoms with Crippen molar-refractivity contribution in [1.29, 1.82) is 0 Å². The van der Waals surface area contributed by atoms with Crippen LogP contribution in [0.25, 0.3) is 0 Å². The van der Waals surface area contributed by atoms with Crippen molar-refractivity contribution in [3.63, 3.8) is 0 Å². The topological polar surface area (TPSA) is 85.9 Å². The van der Waals surface area contributed by atoms with Gasteiger partial charge in [0.15, 0.2) is 0 Å². The van der Waals surface area contributed by atoms with E-state index in [0.29, 0.717) is 63.4 Å². The number of halogens is 3. The number of piperazine rings is 1. The van der Waals surface area contributed by atoms with Gasteiger partial charge in [0.05, 0.1) is 12.0 Å². The molecule has 10 nitrogen and oxygen atoms in total. The van der Waals surface area contributed by atoms with Gasteiger partial charge < -0.3 is 29.1 Å². The van der Waals surface area contributed by atoms with Crippen molar-refractivity contribution in [3.05, 3.63) is 34.9 Å². The lowest BCUT2D eigenvalue weighted by Crippen LogP contribution is -2.54. The van der Waals surface area contributed by atoms with Crippen LogP contribution in [0.4, 0.5) is 8.78 Å². The van der Waals surface area contributed by atoms with Gasteiger partial charge in [-0.1, -0.05) is 23.7 Å². The van der Waals surface area contributed by atoms with E-state index >= 15 is 4.79 Å². The average Bonchev–Trinajstić information content (AvgIpc) is 3.91. The molecule has 1 aliphatic carbocycles. The quantitative estimate of drug-likeness (QED) is 0.424. The van der Waals surface area contributed by atoms with Crippen LogP contribution in [0.1, 0.15) is 69.3 Å². The van der Waals surface area contributed by atoms with Crippen LogP contribution in [0, 0.1) is 5.92 Å². The van der Waals surface area contributed by atoms with E-state index in [4.69, 9.17) is 21.1 Å². The van der Waals surface area contributed by atoms with Gasteiger partial charge in [0.25, 0.3) is 5.91 Å². The zero-order chi connectivity index (χ0) is 35.0. The lowest BCUT2D eigenvalue weighted by atomic mass is 9.88. The minimum absolute atomic E-state index is 0.0748. The summed E-state index contributed by atoms with van der Waals surface area (Å²) in [5.74, 6) is -3.58. The maximum atomic E-state index is 15.1. The highest BCUT2D eigenvalue weighted by molar-refractivity contribution is 6.30. The SMILES string of the molecule is CN1CCN(C(=O)[C@@H]2C[C@H](N(C(=O)C3CCCO3)C3CCC(F)(F)CC3)CN2C(=O)[C@@H]2CN(C3CCOCC3)C[C@H]2c2ccc(Cl)cc2)CC1. The molecule has 0 aromatic heterocycles. The number of amides is 3. The van der Waals surface area contributed by atoms with Crippen LogP contribution in [-0.4, -0.2) is 151 Å². The Morgan fingerprint density at radius 1 is 0.860 bits per heavy atom. The molecule has 0 N–H and O–H groups in total. The van der Waals surface area contributed by atoms with E-state index in [0.717, 1.165) is 44.5 Å². The Morgan fingerprint density at radius 3 is 2.22 bits per heavy atom. The highest BCUT2D eigenvalue weighted by Crippen LogP contribution is 2.41. The summed E-state index contributed by atoms with van der Waals surface area (Å²) in [6, 6.07) is 6.46. The molecule has 5 atom stereocenters. The molecule has 3 amide bonds. The maximum Gasteiger partial charge on any atom is 0.252 e. The minimum Gasteiger partial charge on any atom is -0.381 e. The summed E-state index contributed by atoms with van der Waals surface area (Å²) in [6.07, 6.45) is 2.67. The third-order valence-corrected chi connectivity index (χ3v) is 12.5. The van der Waals surface area contributed by atoms with Gasteiger partial charge in [-0.2, -0.15) is 0 Å². The number of alkyl halides is 2. The van der Waals surface area contributed by atoms with Gasteiger partial charge in [-0.15, -0.1) is 0 Å². The zero-order valence-electron chi connectivity index (χ0n) is 29.2. The van der Waals surface area contributed by atoms with Crippen molar-refractivity contribution in [1.82, 2.24) is 24.5 Å². The number of likely N-dealkylation sites (N-methyl/N-ethyl adjacent to an activating group) is 1. The van der Waals surface area contributed by atoms with E-state index in [2.05, 4.69) is 9.80 Å². The Bertz CT molecular complexity index is 1360. The van der Waals surface area contributed by atoms with Gasteiger partial charge in [0, 0.05) is 101 Å². The van der Waals surface area contributed by atoms with Crippen molar-refractivity contribution in [2.24, 2.45) is 5.92 Å². The molecule has 13 heteroatoms. The third kappa shape index (κ3) is 7.70. The monoisotopic (exact) mass is 719 g/mol. The van der Waals surface area contributed by atoms with Crippen LogP contribution in [0.2, 0.25) is 5.02 Å². The molecular weight excluding hydrogens is 668 g/mol. The smallest absolute Gasteiger partial charge is 0.252 e. The Morgan fingerprint density at radius 2 is 1.56 bits per heavy atom. The van der Waals surface area contributed by atoms with E-state index in [1.54, 1.807) is 9.80 Å². The normalized spacial score (nSPS) is 31.7. The molecule has 1 unspecified atom stereocenters. The molecule has 5 aliphatic heterocycles. The molecule has 0 bridgehead atoms. The van der Waals surface area contributed by atoms with Crippen LogP contribution >= 0.6 is 11.6 Å². The Labute approximate surface area is 299 Å². The van der Waals surface area contributed by atoms with Crippen molar-refractivity contribution in [3.8, 4) is 0 Å². The number of hydrogen-bond acceptors (Lipinski definition) is 7. The molecule has 7 rings (SSSR count). The predicted octanol–water partition coefficient (Wildman–Crippen LogP) is 3.86. The van der Waals surface area contributed by atoms with Gasteiger partial charge in [-0.25, -0.2) is 8.78 Å². The molecule has 1 aromatic rings. The Kier molecular flexibility index (Phi) is 11.0. The van der Waals surface area contributed by atoms with Gasteiger partial charge >= 0.3 is 0 Å². The molecule has 1 saturated carbocycles. The minimum atomic E-state index is -2.75. The largest absolute Gasteiger partial charge is 0.381 e. The van der Waals surface area contributed by atoms with Crippen LogP contribution in [0.3, 0.4) is 0 Å². The number of benzene rings is 1. The first-order valence-corrected chi connectivity index (χ1v) is 19.1. The fourth-order valence-electron chi connectivity index (χ4n) is 9.32. The summed E-state index contributed by atoms with van der Waals surface area (Å²) in [4.78, 5) is 53.7. The first kappa shape index (κ1) is 36.0. The van der Waals surface area contributed by atoms with Crippen molar-refractivity contribution in [2.75, 3.05) is 72.7 Å². The Hall–Kier alpha value is -2.38. The Balaban J connectivity index is 1.20. The summed E-state index contributed by atoms with van der Waals surface area (Å²) in [7, 11) is 2.03. The second-order valence-corrected chi connectivity index (χ2v) is 15.9.